The van der Waals surface area contributed by atoms with E-state index in [1.165, 1.54) is 6.07 Å². The molecule has 9 heteroatoms. The van der Waals surface area contributed by atoms with Crippen LogP contribution in [0.5, 0.6) is 5.75 Å². The maximum Gasteiger partial charge on any atom is 0.179 e. The number of aryl methyl sites for hydroxylation is 2. The van der Waals surface area contributed by atoms with E-state index < -0.39 is 6.10 Å². The fourth-order valence-corrected chi connectivity index (χ4v) is 4.38. The monoisotopic (exact) mass is 492 g/mol. The highest BCUT2D eigenvalue weighted by Gasteiger charge is 2.20. The maximum atomic E-state index is 14.6. The fourth-order valence-electron chi connectivity index (χ4n) is 4.38. The second-order valence-electron chi connectivity index (χ2n) is 8.85. The summed E-state index contributed by atoms with van der Waals surface area (Å²) in [7, 11) is 3.79. The van der Waals surface area contributed by atoms with Crippen LogP contribution in [-0.2, 0) is 0 Å². The number of halogens is 1. The van der Waals surface area contributed by atoms with Gasteiger partial charge in [0.1, 0.15) is 23.2 Å². The number of ether oxygens (including phenoxy) is 1. The van der Waals surface area contributed by atoms with E-state index in [2.05, 4.69) is 15.5 Å². The van der Waals surface area contributed by atoms with E-state index in [-0.39, 0.29) is 12.4 Å². The third-order valence-corrected chi connectivity index (χ3v) is 6.25. The lowest BCUT2D eigenvalue weighted by Gasteiger charge is -2.20. The van der Waals surface area contributed by atoms with Crippen LogP contribution in [0.4, 0.5) is 10.2 Å². The number of fused-ring (bicyclic) bond motifs is 1. The maximum absolute atomic E-state index is 14.6. The normalized spacial score (nSPS) is 12.2. The number of rotatable bonds is 11. The molecule has 2 aromatic heterocycles. The van der Waals surface area contributed by atoms with Crippen LogP contribution in [0.1, 0.15) is 35.9 Å². The molecule has 0 saturated heterocycles. The molecule has 36 heavy (non-hydrogen) atoms. The van der Waals surface area contributed by atoms with Crippen LogP contribution in [0.2, 0.25) is 0 Å². The Kier molecular flexibility index (Phi) is 8.12. The van der Waals surface area contributed by atoms with Crippen molar-refractivity contribution in [3.8, 4) is 11.4 Å². The molecule has 190 valence electrons. The molecule has 4 rings (SSSR count). The van der Waals surface area contributed by atoms with Gasteiger partial charge in [0.25, 0.3) is 0 Å². The number of aliphatic hydroxyl groups excluding tert-OH is 1. The van der Waals surface area contributed by atoms with Gasteiger partial charge in [-0.2, -0.15) is 10.2 Å². The lowest BCUT2D eigenvalue weighted by Crippen LogP contribution is -2.21. The molecule has 4 aromatic rings. The van der Waals surface area contributed by atoms with Crippen molar-refractivity contribution in [3.05, 3.63) is 71.3 Å². The Morgan fingerprint density at radius 1 is 1.14 bits per heavy atom. The van der Waals surface area contributed by atoms with Gasteiger partial charge in [0.15, 0.2) is 5.82 Å². The molecule has 0 fully saturated rings. The van der Waals surface area contributed by atoms with Crippen LogP contribution in [0.25, 0.3) is 16.6 Å². The van der Waals surface area contributed by atoms with Crippen molar-refractivity contribution >= 4 is 16.7 Å². The molecule has 0 bridgehead atoms. The number of hydrogen-bond donors (Lipinski definition) is 2. The summed E-state index contributed by atoms with van der Waals surface area (Å²) in [6.07, 6.45) is 0.810. The molecule has 1 atom stereocenters. The van der Waals surface area contributed by atoms with Crippen molar-refractivity contribution in [3.63, 3.8) is 0 Å². The summed E-state index contributed by atoms with van der Waals surface area (Å²) in [6, 6.07) is 14.4. The van der Waals surface area contributed by atoms with Crippen molar-refractivity contribution in [2.24, 2.45) is 0 Å². The van der Waals surface area contributed by atoms with E-state index in [9.17, 15) is 9.50 Å². The quantitative estimate of drug-likeness (QED) is 0.326. The van der Waals surface area contributed by atoms with Crippen molar-refractivity contribution in [2.75, 3.05) is 38.7 Å². The summed E-state index contributed by atoms with van der Waals surface area (Å²) >= 11 is 0. The summed E-state index contributed by atoms with van der Waals surface area (Å²) in [5, 5.41) is 26.9. The zero-order chi connectivity index (χ0) is 25.7. The van der Waals surface area contributed by atoms with Gasteiger partial charge in [-0.15, -0.1) is 5.10 Å². The number of anilines is 1. The largest absolute Gasteiger partial charge is 0.486 e. The first-order valence-corrected chi connectivity index (χ1v) is 12.1. The van der Waals surface area contributed by atoms with Crippen LogP contribution in [0, 0.1) is 19.7 Å². The summed E-state index contributed by atoms with van der Waals surface area (Å²) in [5.74, 6) is 1.02. The first kappa shape index (κ1) is 25.5. The summed E-state index contributed by atoms with van der Waals surface area (Å²) in [5.41, 5.74) is 3.84. The van der Waals surface area contributed by atoms with Crippen LogP contribution in [0.3, 0.4) is 0 Å². The number of nitrogens with one attached hydrogen (secondary N) is 1. The first-order valence-electron chi connectivity index (χ1n) is 12.1. The SMILES string of the molecule is CNCCC(Oc1cccc(-n2nc3c(N(C)CCCO)nnc(C)c3c2C)c1)c1ccccc1F. The van der Waals surface area contributed by atoms with E-state index in [4.69, 9.17) is 9.84 Å². The predicted molar refractivity (Wildman–Crippen MR) is 139 cm³/mol. The van der Waals surface area contributed by atoms with Crippen LogP contribution >= 0.6 is 0 Å². The Labute approximate surface area is 210 Å². The fraction of sp³-hybridized carbons (Fsp3) is 0.370. The number of aromatic nitrogens is 4. The van der Waals surface area contributed by atoms with Gasteiger partial charge in [-0.25, -0.2) is 9.07 Å². The summed E-state index contributed by atoms with van der Waals surface area (Å²) in [4.78, 5) is 1.96. The lowest BCUT2D eigenvalue weighted by atomic mass is 10.1. The zero-order valence-corrected chi connectivity index (χ0v) is 21.2. The van der Waals surface area contributed by atoms with Gasteiger partial charge in [0.2, 0.25) is 0 Å². The molecule has 0 aliphatic rings. The van der Waals surface area contributed by atoms with E-state index >= 15 is 0 Å². The Bertz CT molecular complexity index is 1330. The second-order valence-corrected chi connectivity index (χ2v) is 8.85. The van der Waals surface area contributed by atoms with Gasteiger partial charge < -0.3 is 20.1 Å². The Balaban J connectivity index is 1.70. The van der Waals surface area contributed by atoms with Crippen molar-refractivity contribution in [2.45, 2.75) is 32.8 Å². The Morgan fingerprint density at radius 3 is 2.69 bits per heavy atom. The van der Waals surface area contributed by atoms with E-state index in [1.807, 2.05) is 67.9 Å². The average Bonchev–Trinajstić information content (AvgIpc) is 3.23. The molecule has 0 aliphatic heterocycles. The van der Waals surface area contributed by atoms with Gasteiger partial charge in [-0.1, -0.05) is 24.3 Å². The minimum Gasteiger partial charge on any atom is -0.486 e. The summed E-state index contributed by atoms with van der Waals surface area (Å²) in [6.45, 7) is 5.36. The van der Waals surface area contributed by atoms with Crippen LogP contribution < -0.4 is 15.0 Å². The highest BCUT2D eigenvalue weighted by atomic mass is 19.1. The van der Waals surface area contributed by atoms with E-state index in [0.717, 1.165) is 28.0 Å². The molecule has 2 heterocycles. The molecule has 2 aromatic carbocycles. The third kappa shape index (κ3) is 5.32. The molecular formula is C27H33FN6O2. The lowest BCUT2D eigenvalue weighted by molar-refractivity contribution is 0.190. The summed E-state index contributed by atoms with van der Waals surface area (Å²) < 4.78 is 22.7. The van der Waals surface area contributed by atoms with Gasteiger partial charge in [0, 0.05) is 38.2 Å². The van der Waals surface area contributed by atoms with Gasteiger partial charge >= 0.3 is 0 Å². The number of benzene rings is 2. The number of hydrogen-bond acceptors (Lipinski definition) is 7. The Morgan fingerprint density at radius 2 is 1.94 bits per heavy atom. The standard InChI is InChI=1S/C27H33FN6O2/c1-18-25-19(2)34(32-26(25)27(31-30-18)33(4)15-8-16-35)20-9-7-10-21(17-20)36-24(13-14-29-3)22-11-5-6-12-23(22)28/h5-7,9-12,17,24,29,35H,8,13-16H2,1-4H3. The molecule has 0 saturated carbocycles. The molecule has 0 amide bonds. The van der Waals surface area contributed by atoms with Crippen LogP contribution in [-0.4, -0.2) is 58.9 Å². The second kappa shape index (κ2) is 11.5. The highest BCUT2D eigenvalue weighted by molar-refractivity contribution is 5.92. The molecule has 0 aliphatic carbocycles. The first-order chi connectivity index (χ1) is 17.4. The molecule has 2 N–H and O–H groups in total. The minimum atomic E-state index is -0.436. The smallest absolute Gasteiger partial charge is 0.179 e. The van der Waals surface area contributed by atoms with Crippen molar-refractivity contribution in [1.29, 1.82) is 0 Å². The minimum absolute atomic E-state index is 0.106. The van der Waals surface area contributed by atoms with Crippen LogP contribution in [0.15, 0.2) is 48.5 Å². The molecular weight excluding hydrogens is 459 g/mol. The van der Waals surface area contributed by atoms with Crippen molar-refractivity contribution < 1.29 is 14.2 Å². The molecule has 8 nitrogen and oxygen atoms in total. The topological polar surface area (TPSA) is 88.3 Å². The van der Waals surface area contributed by atoms with Gasteiger partial charge in [-0.05, 0) is 52.1 Å². The van der Waals surface area contributed by atoms with Gasteiger partial charge in [-0.3, -0.25) is 0 Å². The third-order valence-electron chi connectivity index (χ3n) is 6.25. The van der Waals surface area contributed by atoms with E-state index in [1.54, 1.807) is 12.1 Å². The molecule has 1 unspecified atom stereocenters. The van der Waals surface area contributed by atoms with E-state index in [0.29, 0.717) is 43.1 Å². The number of nitrogens with zero attached hydrogens (tertiary/aromatic N) is 5. The number of aliphatic hydroxyl groups is 1. The Hall–Kier alpha value is -3.56. The highest BCUT2D eigenvalue weighted by Crippen LogP contribution is 2.31. The molecule has 0 spiro atoms. The molecule has 0 radical (unpaired) electrons. The van der Waals surface area contributed by atoms with Crippen molar-refractivity contribution in [1.82, 2.24) is 25.3 Å². The predicted octanol–water partition coefficient (Wildman–Crippen LogP) is 4.12. The van der Waals surface area contributed by atoms with Gasteiger partial charge in [0.05, 0.1) is 22.5 Å². The zero-order valence-electron chi connectivity index (χ0n) is 21.2. The average molecular weight is 493 g/mol.